The van der Waals surface area contributed by atoms with Gasteiger partial charge in [-0.05, 0) is 78.4 Å². The quantitative estimate of drug-likeness (QED) is 0.0839. The van der Waals surface area contributed by atoms with Gasteiger partial charge in [-0.3, -0.25) is 14.5 Å². The molecule has 9 nitrogen and oxygen atoms in total. The number of nitrogens with zero attached hydrogens (tertiary/aromatic N) is 3. The topological polar surface area (TPSA) is 117 Å². The van der Waals surface area contributed by atoms with Gasteiger partial charge < -0.3 is 4.90 Å². The van der Waals surface area contributed by atoms with Crippen LogP contribution in [0.5, 0.6) is 0 Å². The molecular weight excluding hydrogens is 740 g/mol. The van der Waals surface area contributed by atoms with E-state index < -0.39 is 66.5 Å². The van der Waals surface area contributed by atoms with Gasteiger partial charge in [0.25, 0.3) is 10.0 Å². The molecule has 0 spiro atoms. The fraction of sp³-hybridized carbons (Fsp3) is 0.243. The first-order chi connectivity index (χ1) is 25.2. The lowest BCUT2D eigenvalue weighted by Crippen LogP contribution is -2.41. The fourth-order valence-electron chi connectivity index (χ4n) is 6.39. The van der Waals surface area contributed by atoms with E-state index in [1.807, 2.05) is 24.3 Å². The monoisotopic (exact) mass is 772 g/mol. The maximum atomic E-state index is 14.5. The highest BCUT2D eigenvalue weighted by Crippen LogP contribution is 2.34. The highest BCUT2D eigenvalue weighted by atomic mass is 32.2. The van der Waals surface area contributed by atoms with E-state index in [4.69, 9.17) is 0 Å². The molecule has 1 amide bonds. The maximum Gasteiger partial charge on any atom is 0.262 e. The lowest BCUT2D eigenvalue weighted by atomic mass is 9.84. The number of benzene rings is 4. The first kappa shape index (κ1) is 37.8. The van der Waals surface area contributed by atoms with Crippen LogP contribution in [0.3, 0.4) is 0 Å². The maximum absolute atomic E-state index is 14.5. The molecule has 0 atom stereocenters. The smallest absolute Gasteiger partial charge is 0.262 e. The van der Waals surface area contributed by atoms with Crippen LogP contribution in [0.2, 0.25) is 0 Å². The second kappa shape index (κ2) is 15.2. The van der Waals surface area contributed by atoms with E-state index in [1.54, 1.807) is 24.3 Å². The predicted octanol–water partition coefficient (Wildman–Crippen LogP) is 7.63. The van der Waals surface area contributed by atoms with Gasteiger partial charge in [0.1, 0.15) is 0 Å². The molecule has 1 N–H and O–H groups in total. The number of carbonyl (C=O) groups is 1. The van der Waals surface area contributed by atoms with Gasteiger partial charge in [0, 0.05) is 30.0 Å². The Hall–Kier alpha value is -4.93. The second-order valence-corrected chi connectivity index (χ2v) is 16.3. The molecular formula is C37H33F5N4O5S2. The van der Waals surface area contributed by atoms with E-state index in [9.17, 15) is 43.6 Å². The van der Waals surface area contributed by atoms with Crippen LogP contribution in [0.25, 0.3) is 10.9 Å². The zero-order valence-electron chi connectivity index (χ0n) is 28.2. The summed E-state index contributed by atoms with van der Waals surface area (Å²) < 4.78 is 126. The number of fused-ring (bicyclic) bond motifs is 1. The molecule has 0 unspecified atom stereocenters. The second-order valence-electron chi connectivity index (χ2n) is 12.7. The Balaban J connectivity index is 1.29. The SMILES string of the molecule is CN(CC(=O)N(Cc1ccc(C2CCCCC2)cc1)c1ccc(NS(=O)(=O)c2cccc3ncccc23)cc1)S(=O)(=O)c1c(F)c(F)c(F)c(F)c1F. The highest BCUT2D eigenvalue weighted by Gasteiger charge is 2.37. The van der Waals surface area contributed by atoms with E-state index in [-0.39, 0.29) is 27.1 Å². The zero-order valence-corrected chi connectivity index (χ0v) is 29.8. The molecule has 278 valence electrons. The van der Waals surface area contributed by atoms with Crippen LogP contribution in [0.15, 0.2) is 94.9 Å². The number of anilines is 2. The molecule has 1 aliphatic carbocycles. The lowest BCUT2D eigenvalue weighted by molar-refractivity contribution is -0.118. The van der Waals surface area contributed by atoms with Crippen LogP contribution in [-0.4, -0.2) is 45.6 Å². The standard InChI is InChI=1S/C37H33F5N4O5S2/c1-45(53(50,51)37-35(41)33(39)32(38)34(40)36(37)42)22-31(47)46(21-23-12-14-25(15-13-23)24-7-3-2-4-8-24)27-18-16-26(17-19-27)44-52(48,49)30-11-5-10-29-28(30)9-6-20-43-29/h5-6,9-20,24,44H,2-4,7-8,21-22H2,1H3. The zero-order chi connectivity index (χ0) is 38.1. The first-order valence-electron chi connectivity index (χ1n) is 16.5. The van der Waals surface area contributed by atoms with Crippen molar-refractivity contribution in [2.75, 3.05) is 23.2 Å². The van der Waals surface area contributed by atoms with Crippen LogP contribution >= 0.6 is 0 Å². The van der Waals surface area contributed by atoms with Crippen molar-refractivity contribution in [3.8, 4) is 0 Å². The minimum absolute atomic E-state index is 0.0151. The van der Waals surface area contributed by atoms with E-state index in [0.29, 0.717) is 22.4 Å². The average molecular weight is 773 g/mol. The van der Waals surface area contributed by atoms with Gasteiger partial charge in [-0.25, -0.2) is 38.8 Å². The number of hydrogen-bond donors (Lipinski definition) is 1. The third kappa shape index (κ3) is 7.75. The molecule has 0 bridgehead atoms. The average Bonchev–Trinajstić information content (AvgIpc) is 3.16. The number of sulfonamides is 2. The summed E-state index contributed by atoms with van der Waals surface area (Å²) in [6.07, 6.45) is 7.09. The Morgan fingerprint density at radius 2 is 1.40 bits per heavy atom. The van der Waals surface area contributed by atoms with Gasteiger partial charge in [-0.1, -0.05) is 49.6 Å². The molecule has 1 heterocycles. The van der Waals surface area contributed by atoms with Gasteiger partial charge in [-0.15, -0.1) is 0 Å². The summed E-state index contributed by atoms with van der Waals surface area (Å²) in [5, 5.41) is 0.398. The van der Waals surface area contributed by atoms with E-state index >= 15 is 0 Å². The molecule has 0 aliphatic heterocycles. The number of nitrogens with one attached hydrogen (secondary N) is 1. The molecule has 5 aromatic rings. The summed E-state index contributed by atoms with van der Waals surface area (Å²) in [4.78, 5) is 17.1. The minimum Gasteiger partial charge on any atom is -0.307 e. The van der Waals surface area contributed by atoms with Crippen LogP contribution in [-0.2, 0) is 31.4 Å². The number of carbonyl (C=O) groups excluding carboxylic acids is 1. The number of hydrogen-bond acceptors (Lipinski definition) is 6. The van der Waals surface area contributed by atoms with Gasteiger partial charge in [0.15, 0.2) is 28.2 Å². The molecule has 0 saturated heterocycles. The largest absolute Gasteiger partial charge is 0.307 e. The van der Waals surface area contributed by atoms with Gasteiger partial charge >= 0.3 is 0 Å². The Labute approximate surface area is 303 Å². The van der Waals surface area contributed by atoms with Crippen LogP contribution in [0.4, 0.5) is 33.3 Å². The summed E-state index contributed by atoms with van der Waals surface area (Å²) in [6, 6.07) is 21.0. The number of aromatic nitrogens is 1. The highest BCUT2D eigenvalue weighted by molar-refractivity contribution is 7.93. The molecule has 6 rings (SSSR count). The van der Waals surface area contributed by atoms with Crippen molar-refractivity contribution in [1.29, 1.82) is 0 Å². The van der Waals surface area contributed by atoms with Gasteiger partial charge in [-0.2, -0.15) is 4.31 Å². The van der Waals surface area contributed by atoms with Crippen LogP contribution in [0, 0.1) is 29.1 Å². The van der Waals surface area contributed by atoms with Crippen LogP contribution in [0.1, 0.15) is 49.1 Å². The summed E-state index contributed by atoms with van der Waals surface area (Å²) in [6.45, 7) is -1.18. The van der Waals surface area contributed by atoms with E-state index in [2.05, 4.69) is 9.71 Å². The molecule has 1 saturated carbocycles. The molecule has 16 heteroatoms. The van der Waals surface area contributed by atoms with E-state index in [0.717, 1.165) is 43.2 Å². The summed E-state index contributed by atoms with van der Waals surface area (Å²) in [7, 11) is -8.77. The lowest BCUT2D eigenvalue weighted by Gasteiger charge is -2.27. The molecule has 1 fully saturated rings. The van der Waals surface area contributed by atoms with Gasteiger partial charge in [0.05, 0.1) is 23.5 Å². The fourth-order valence-corrected chi connectivity index (χ4v) is 8.89. The van der Waals surface area contributed by atoms with Crippen molar-refractivity contribution in [2.45, 2.75) is 54.4 Å². The number of amides is 1. The van der Waals surface area contributed by atoms with Crippen molar-refractivity contribution in [3.05, 3.63) is 125 Å². The van der Waals surface area contributed by atoms with Crippen molar-refractivity contribution in [3.63, 3.8) is 0 Å². The van der Waals surface area contributed by atoms with Gasteiger partial charge in [0.2, 0.25) is 21.7 Å². The molecule has 53 heavy (non-hydrogen) atoms. The van der Waals surface area contributed by atoms with Crippen LogP contribution < -0.4 is 9.62 Å². The normalized spacial score (nSPS) is 14.1. The number of halogens is 5. The summed E-state index contributed by atoms with van der Waals surface area (Å²) >= 11 is 0. The first-order valence-corrected chi connectivity index (χ1v) is 19.4. The van der Waals surface area contributed by atoms with Crippen molar-refractivity contribution in [1.82, 2.24) is 9.29 Å². The minimum atomic E-state index is -5.42. The molecule has 0 radical (unpaired) electrons. The third-order valence-electron chi connectivity index (χ3n) is 9.22. The Bertz CT molecular complexity index is 2360. The predicted molar refractivity (Wildman–Crippen MR) is 188 cm³/mol. The Morgan fingerprint density at radius 3 is 2.04 bits per heavy atom. The summed E-state index contributed by atoms with van der Waals surface area (Å²) in [5.41, 5.74) is 2.56. The Morgan fingerprint density at radius 1 is 0.774 bits per heavy atom. The van der Waals surface area contributed by atoms with Crippen molar-refractivity contribution < 1.29 is 43.6 Å². The van der Waals surface area contributed by atoms with E-state index in [1.165, 1.54) is 42.9 Å². The third-order valence-corrected chi connectivity index (χ3v) is 12.5. The summed E-state index contributed by atoms with van der Waals surface area (Å²) in [5.74, 6) is -13.1. The molecule has 1 aromatic heterocycles. The van der Waals surface area contributed by atoms with Crippen molar-refractivity contribution in [2.24, 2.45) is 0 Å². The number of rotatable bonds is 11. The molecule has 4 aromatic carbocycles. The molecule has 1 aliphatic rings. The number of pyridine rings is 1. The number of likely N-dealkylation sites (N-methyl/N-ethyl adjacent to an activating group) is 1. The van der Waals surface area contributed by atoms with Crippen molar-refractivity contribution >= 4 is 48.2 Å². The Kier molecular flexibility index (Phi) is 10.8.